The lowest BCUT2D eigenvalue weighted by Crippen LogP contribution is -2.39. The van der Waals surface area contributed by atoms with E-state index in [0.717, 1.165) is 30.9 Å². The zero-order valence-electron chi connectivity index (χ0n) is 9.27. The van der Waals surface area contributed by atoms with E-state index in [0.29, 0.717) is 5.82 Å². The van der Waals surface area contributed by atoms with Gasteiger partial charge in [0.25, 0.3) is 0 Å². The van der Waals surface area contributed by atoms with Crippen molar-refractivity contribution in [3.63, 3.8) is 0 Å². The van der Waals surface area contributed by atoms with Crippen LogP contribution >= 0.6 is 11.5 Å². The first kappa shape index (κ1) is 11.2. The monoisotopic (exact) mass is 240 g/mol. The summed E-state index contributed by atoms with van der Waals surface area (Å²) in [5, 5.41) is 3.81. The van der Waals surface area contributed by atoms with E-state index in [1.165, 1.54) is 11.5 Å². The molecule has 1 amide bonds. The molecule has 0 unspecified atom stereocenters. The zero-order chi connectivity index (χ0) is 11.5. The molecular formula is C10H16N4OS. The number of hydrogen-bond acceptors (Lipinski definition) is 5. The Hall–Kier alpha value is -1.30. The van der Waals surface area contributed by atoms with Crippen LogP contribution in [-0.2, 0) is 4.79 Å². The quantitative estimate of drug-likeness (QED) is 0.798. The summed E-state index contributed by atoms with van der Waals surface area (Å²) in [6.45, 7) is 1.80. The van der Waals surface area contributed by atoms with Crippen molar-refractivity contribution < 1.29 is 4.79 Å². The molecule has 0 aromatic carbocycles. The Balaban J connectivity index is 1.92. The highest BCUT2D eigenvalue weighted by atomic mass is 32.1. The second-order valence-electron chi connectivity index (χ2n) is 3.97. The highest BCUT2D eigenvalue weighted by molar-refractivity contribution is 7.10. The van der Waals surface area contributed by atoms with Crippen molar-refractivity contribution in [2.45, 2.75) is 12.8 Å². The van der Waals surface area contributed by atoms with E-state index in [9.17, 15) is 4.79 Å². The summed E-state index contributed by atoms with van der Waals surface area (Å²) < 4.78 is 4.06. The zero-order valence-corrected chi connectivity index (χ0v) is 10.1. The Kier molecular flexibility index (Phi) is 3.28. The van der Waals surface area contributed by atoms with E-state index in [-0.39, 0.29) is 11.8 Å². The van der Waals surface area contributed by atoms with E-state index in [2.05, 4.69) is 14.6 Å². The standard InChI is InChI=1S/C10H16N4OS/c1-12-10(15)7-2-4-14(5-3-7)9-6-8(11)13-16-9/h6-7H,2-5H2,1H3,(H2,11,13)(H,12,15). The molecule has 1 aromatic rings. The average Bonchev–Trinajstić information content (AvgIpc) is 2.75. The highest BCUT2D eigenvalue weighted by Gasteiger charge is 2.24. The third-order valence-electron chi connectivity index (χ3n) is 2.94. The predicted octanol–water partition coefficient (Wildman–Crippen LogP) is 0.688. The molecule has 6 heteroatoms. The molecule has 1 aromatic heterocycles. The SMILES string of the molecule is CNC(=O)C1CCN(c2cc(N)ns2)CC1. The minimum atomic E-state index is 0.156. The molecule has 88 valence electrons. The molecule has 0 aliphatic carbocycles. The van der Waals surface area contributed by atoms with Crippen LogP contribution in [0.5, 0.6) is 0 Å². The van der Waals surface area contributed by atoms with Crippen molar-refractivity contribution in [2.24, 2.45) is 5.92 Å². The van der Waals surface area contributed by atoms with Crippen molar-refractivity contribution in [1.82, 2.24) is 9.69 Å². The molecule has 1 aliphatic heterocycles. The summed E-state index contributed by atoms with van der Waals surface area (Å²) >= 11 is 1.42. The molecule has 0 saturated carbocycles. The largest absolute Gasteiger partial charge is 0.383 e. The van der Waals surface area contributed by atoms with Crippen LogP contribution in [0.4, 0.5) is 10.8 Å². The van der Waals surface area contributed by atoms with Gasteiger partial charge in [0, 0.05) is 32.1 Å². The summed E-state index contributed by atoms with van der Waals surface area (Å²) in [7, 11) is 1.69. The first-order chi connectivity index (χ1) is 7.70. The number of carbonyl (C=O) groups excluding carboxylic acids is 1. The van der Waals surface area contributed by atoms with E-state index < -0.39 is 0 Å². The van der Waals surface area contributed by atoms with Crippen LogP contribution in [0.15, 0.2) is 6.07 Å². The number of anilines is 2. The summed E-state index contributed by atoms with van der Waals surface area (Å²) in [6.07, 6.45) is 1.80. The van der Waals surface area contributed by atoms with Gasteiger partial charge < -0.3 is 16.0 Å². The van der Waals surface area contributed by atoms with Gasteiger partial charge in [-0.15, -0.1) is 0 Å². The number of carbonyl (C=O) groups is 1. The summed E-state index contributed by atoms with van der Waals surface area (Å²) in [5.74, 6) is 0.892. The number of nitrogens with one attached hydrogen (secondary N) is 1. The van der Waals surface area contributed by atoms with Crippen molar-refractivity contribution in [2.75, 3.05) is 30.8 Å². The average molecular weight is 240 g/mol. The van der Waals surface area contributed by atoms with Gasteiger partial charge in [-0.25, -0.2) is 0 Å². The number of nitrogen functional groups attached to an aromatic ring is 1. The molecule has 1 fully saturated rings. The number of aromatic nitrogens is 1. The van der Waals surface area contributed by atoms with Gasteiger partial charge in [-0.05, 0) is 24.4 Å². The highest BCUT2D eigenvalue weighted by Crippen LogP contribution is 2.27. The molecule has 0 atom stereocenters. The van der Waals surface area contributed by atoms with Crippen molar-refractivity contribution in [3.05, 3.63) is 6.07 Å². The maximum atomic E-state index is 11.5. The Labute approximate surface area is 98.8 Å². The second-order valence-corrected chi connectivity index (χ2v) is 4.75. The number of hydrogen-bond donors (Lipinski definition) is 2. The topological polar surface area (TPSA) is 71.2 Å². The van der Waals surface area contributed by atoms with Crippen LogP contribution in [0.1, 0.15) is 12.8 Å². The van der Waals surface area contributed by atoms with E-state index in [1.807, 2.05) is 6.07 Å². The molecule has 0 bridgehead atoms. The molecule has 0 spiro atoms. The van der Waals surface area contributed by atoms with Crippen molar-refractivity contribution in [3.8, 4) is 0 Å². The molecule has 16 heavy (non-hydrogen) atoms. The summed E-state index contributed by atoms with van der Waals surface area (Å²) in [4.78, 5) is 13.7. The normalized spacial score (nSPS) is 17.4. The van der Waals surface area contributed by atoms with Crippen LogP contribution in [0.25, 0.3) is 0 Å². The maximum absolute atomic E-state index is 11.5. The number of nitrogens with two attached hydrogens (primary N) is 1. The lowest BCUT2D eigenvalue weighted by atomic mass is 9.96. The molecule has 1 saturated heterocycles. The first-order valence-corrected chi connectivity index (χ1v) is 6.17. The molecule has 2 rings (SSSR count). The fourth-order valence-corrected chi connectivity index (χ4v) is 2.72. The fourth-order valence-electron chi connectivity index (χ4n) is 1.99. The van der Waals surface area contributed by atoms with Crippen LogP contribution in [0.2, 0.25) is 0 Å². The van der Waals surface area contributed by atoms with E-state index >= 15 is 0 Å². The van der Waals surface area contributed by atoms with E-state index in [1.54, 1.807) is 7.05 Å². The number of piperidine rings is 1. The van der Waals surface area contributed by atoms with Gasteiger partial charge in [-0.3, -0.25) is 4.79 Å². The van der Waals surface area contributed by atoms with Gasteiger partial charge in [0.15, 0.2) is 0 Å². The molecular weight excluding hydrogens is 224 g/mol. The lowest BCUT2D eigenvalue weighted by Gasteiger charge is -2.31. The van der Waals surface area contributed by atoms with Crippen LogP contribution < -0.4 is 16.0 Å². The van der Waals surface area contributed by atoms with E-state index in [4.69, 9.17) is 5.73 Å². The smallest absolute Gasteiger partial charge is 0.222 e. The Morgan fingerprint density at radius 3 is 2.81 bits per heavy atom. The number of amides is 1. The van der Waals surface area contributed by atoms with Crippen LogP contribution in [-0.4, -0.2) is 30.4 Å². The predicted molar refractivity (Wildman–Crippen MR) is 65.5 cm³/mol. The Morgan fingerprint density at radius 1 is 1.62 bits per heavy atom. The molecule has 1 aliphatic rings. The molecule has 5 nitrogen and oxygen atoms in total. The van der Waals surface area contributed by atoms with Gasteiger partial charge in [-0.2, -0.15) is 4.37 Å². The maximum Gasteiger partial charge on any atom is 0.222 e. The molecule has 3 N–H and O–H groups in total. The third-order valence-corrected chi connectivity index (χ3v) is 3.80. The van der Waals surface area contributed by atoms with Crippen LogP contribution in [0, 0.1) is 5.92 Å². The second kappa shape index (κ2) is 4.69. The van der Waals surface area contributed by atoms with Gasteiger partial charge >= 0.3 is 0 Å². The third kappa shape index (κ3) is 2.27. The minimum absolute atomic E-state index is 0.156. The van der Waals surface area contributed by atoms with Gasteiger partial charge in [0.1, 0.15) is 10.8 Å². The Bertz CT molecular complexity index is 371. The summed E-state index contributed by atoms with van der Waals surface area (Å²) in [6, 6.07) is 1.89. The fraction of sp³-hybridized carbons (Fsp3) is 0.600. The summed E-state index contributed by atoms with van der Waals surface area (Å²) in [5.41, 5.74) is 5.59. The Morgan fingerprint density at radius 2 is 2.31 bits per heavy atom. The number of nitrogens with zero attached hydrogens (tertiary/aromatic N) is 2. The first-order valence-electron chi connectivity index (χ1n) is 5.39. The molecule has 2 heterocycles. The lowest BCUT2D eigenvalue weighted by molar-refractivity contribution is -0.125. The van der Waals surface area contributed by atoms with Gasteiger partial charge in [0.05, 0.1) is 0 Å². The minimum Gasteiger partial charge on any atom is -0.383 e. The van der Waals surface area contributed by atoms with Crippen LogP contribution in [0.3, 0.4) is 0 Å². The van der Waals surface area contributed by atoms with Crippen molar-refractivity contribution >= 4 is 28.3 Å². The molecule has 0 radical (unpaired) electrons. The number of rotatable bonds is 2. The van der Waals surface area contributed by atoms with Gasteiger partial charge in [0.2, 0.25) is 5.91 Å². The van der Waals surface area contributed by atoms with Crippen molar-refractivity contribution in [1.29, 1.82) is 0 Å². The van der Waals surface area contributed by atoms with Gasteiger partial charge in [-0.1, -0.05) is 0 Å².